The van der Waals surface area contributed by atoms with Gasteiger partial charge in [-0.1, -0.05) is 26.7 Å². The molecule has 1 fully saturated rings. The van der Waals surface area contributed by atoms with Crippen molar-refractivity contribution < 1.29 is 23.8 Å². The first-order valence-corrected chi connectivity index (χ1v) is 9.36. The van der Waals surface area contributed by atoms with Crippen LogP contribution < -0.4 is 14.8 Å². The largest absolute Gasteiger partial charge is 0.486 e. The Morgan fingerprint density at radius 1 is 1.15 bits per heavy atom. The molecule has 6 heteroatoms. The molecule has 1 N–H and O–H groups in total. The smallest absolute Gasteiger partial charge is 0.339 e. The number of amides is 1. The lowest BCUT2D eigenvalue weighted by Gasteiger charge is -2.35. The summed E-state index contributed by atoms with van der Waals surface area (Å²) in [7, 11) is 0. The van der Waals surface area contributed by atoms with Gasteiger partial charge in [0.2, 0.25) is 0 Å². The number of benzene rings is 1. The Bertz CT molecular complexity index is 674. The summed E-state index contributed by atoms with van der Waals surface area (Å²) < 4.78 is 16.3. The van der Waals surface area contributed by atoms with Crippen molar-refractivity contribution in [3.63, 3.8) is 0 Å². The van der Waals surface area contributed by atoms with Crippen LogP contribution >= 0.6 is 0 Å². The number of ether oxygens (including phenoxy) is 3. The summed E-state index contributed by atoms with van der Waals surface area (Å²) in [4.78, 5) is 24.8. The van der Waals surface area contributed by atoms with Gasteiger partial charge in [0.25, 0.3) is 5.91 Å². The highest BCUT2D eigenvalue weighted by Gasteiger charge is 2.30. The zero-order chi connectivity index (χ0) is 18.7. The molecule has 0 bridgehead atoms. The average molecular weight is 361 g/mol. The van der Waals surface area contributed by atoms with Gasteiger partial charge in [0.1, 0.15) is 13.2 Å². The summed E-state index contributed by atoms with van der Waals surface area (Å²) in [5, 5.41) is 3.04. The minimum Gasteiger partial charge on any atom is -0.486 e. The second kappa shape index (κ2) is 7.98. The molecule has 1 aromatic rings. The van der Waals surface area contributed by atoms with Crippen molar-refractivity contribution in [3.05, 3.63) is 23.8 Å². The molecule has 142 valence electrons. The van der Waals surface area contributed by atoms with Gasteiger partial charge in [0, 0.05) is 6.04 Å². The third-order valence-corrected chi connectivity index (χ3v) is 5.47. The number of hydrogen-bond donors (Lipinski definition) is 1. The molecule has 26 heavy (non-hydrogen) atoms. The number of nitrogens with one attached hydrogen (secondary N) is 1. The topological polar surface area (TPSA) is 73.9 Å². The van der Waals surface area contributed by atoms with E-state index in [-0.39, 0.29) is 11.9 Å². The maximum atomic E-state index is 12.4. The minimum atomic E-state index is -0.847. The third kappa shape index (κ3) is 4.11. The van der Waals surface area contributed by atoms with Crippen LogP contribution in [-0.4, -0.2) is 37.2 Å². The zero-order valence-corrected chi connectivity index (χ0v) is 15.6. The standard InChI is InChI=1S/C20H27NO5/c1-12-5-4-6-16(13(12)2)21-19(22)14(3)26-20(23)15-7-8-17-18(11-15)25-10-9-24-17/h7-8,11-14,16H,4-6,9-10H2,1-3H3,(H,21,22)/t12-,13-,14-,16-/m1/s1. The Hall–Kier alpha value is -2.24. The van der Waals surface area contributed by atoms with Crippen LogP contribution in [0.2, 0.25) is 0 Å². The Balaban J connectivity index is 1.57. The van der Waals surface area contributed by atoms with Crippen LogP contribution in [0.1, 0.15) is 50.4 Å². The van der Waals surface area contributed by atoms with Crippen molar-refractivity contribution in [1.29, 1.82) is 0 Å². The highest BCUT2D eigenvalue weighted by molar-refractivity contribution is 5.93. The third-order valence-electron chi connectivity index (χ3n) is 5.47. The van der Waals surface area contributed by atoms with Gasteiger partial charge in [-0.15, -0.1) is 0 Å². The summed E-state index contributed by atoms with van der Waals surface area (Å²) in [5.41, 5.74) is 0.341. The molecule has 1 aliphatic carbocycles. The van der Waals surface area contributed by atoms with E-state index in [4.69, 9.17) is 14.2 Å². The van der Waals surface area contributed by atoms with Crippen LogP contribution in [0.5, 0.6) is 11.5 Å². The number of carbonyl (C=O) groups excluding carboxylic acids is 2. The molecule has 0 spiro atoms. The summed E-state index contributed by atoms with van der Waals surface area (Å²) in [6.07, 6.45) is 2.43. The maximum absolute atomic E-state index is 12.4. The number of esters is 1. The Morgan fingerprint density at radius 3 is 2.65 bits per heavy atom. The van der Waals surface area contributed by atoms with Gasteiger partial charge >= 0.3 is 5.97 Å². The summed E-state index contributed by atoms with van der Waals surface area (Å²) in [5.74, 6) is 1.35. The number of fused-ring (bicyclic) bond motifs is 1. The van der Waals surface area contributed by atoms with Gasteiger partial charge in [-0.2, -0.15) is 0 Å². The van der Waals surface area contributed by atoms with Gasteiger partial charge in [0.05, 0.1) is 5.56 Å². The van der Waals surface area contributed by atoms with Gasteiger partial charge in [0.15, 0.2) is 17.6 Å². The molecular formula is C20H27NO5. The quantitative estimate of drug-likeness (QED) is 0.835. The second-order valence-electron chi connectivity index (χ2n) is 7.29. The molecule has 1 aromatic carbocycles. The van der Waals surface area contributed by atoms with Crippen LogP contribution in [0, 0.1) is 11.8 Å². The Labute approximate surface area is 154 Å². The van der Waals surface area contributed by atoms with E-state index >= 15 is 0 Å². The molecule has 1 heterocycles. The predicted octanol–water partition coefficient (Wildman–Crippen LogP) is 2.94. The number of rotatable bonds is 4. The van der Waals surface area contributed by atoms with E-state index in [9.17, 15) is 9.59 Å². The molecule has 6 nitrogen and oxygen atoms in total. The average Bonchev–Trinajstić information content (AvgIpc) is 2.64. The van der Waals surface area contributed by atoms with Crippen molar-refractivity contribution in [3.8, 4) is 11.5 Å². The maximum Gasteiger partial charge on any atom is 0.339 e. The normalized spacial score (nSPS) is 25.9. The molecule has 1 aliphatic heterocycles. The Kier molecular flexibility index (Phi) is 5.69. The molecule has 4 atom stereocenters. The molecule has 1 amide bonds. The van der Waals surface area contributed by atoms with Gasteiger partial charge in [-0.3, -0.25) is 4.79 Å². The minimum absolute atomic E-state index is 0.140. The van der Waals surface area contributed by atoms with Gasteiger partial charge in [-0.05, 0) is 43.4 Å². The number of carbonyl (C=O) groups is 2. The second-order valence-corrected chi connectivity index (χ2v) is 7.29. The lowest BCUT2D eigenvalue weighted by atomic mass is 9.78. The fourth-order valence-corrected chi connectivity index (χ4v) is 3.54. The first kappa shape index (κ1) is 18.5. The lowest BCUT2D eigenvalue weighted by Crippen LogP contribution is -2.47. The van der Waals surface area contributed by atoms with E-state index in [1.807, 2.05) is 0 Å². The first-order valence-electron chi connectivity index (χ1n) is 9.36. The van der Waals surface area contributed by atoms with Crippen LogP contribution in [-0.2, 0) is 9.53 Å². The van der Waals surface area contributed by atoms with E-state index in [1.165, 1.54) is 6.42 Å². The predicted molar refractivity (Wildman–Crippen MR) is 96.4 cm³/mol. The van der Waals surface area contributed by atoms with Gasteiger partial charge < -0.3 is 19.5 Å². The van der Waals surface area contributed by atoms with Crippen LogP contribution in [0.25, 0.3) is 0 Å². The number of hydrogen-bond acceptors (Lipinski definition) is 5. The SMILES string of the molecule is C[C@@H]1[C@H](C)CCC[C@H]1NC(=O)[C@@H](C)OC(=O)c1ccc2c(c1)OCCO2. The highest BCUT2D eigenvalue weighted by Crippen LogP contribution is 2.31. The van der Waals surface area contributed by atoms with Gasteiger partial charge in [-0.25, -0.2) is 4.79 Å². The van der Waals surface area contributed by atoms with Crippen LogP contribution in [0.3, 0.4) is 0 Å². The van der Waals surface area contributed by atoms with Crippen molar-refractivity contribution in [2.45, 2.75) is 52.2 Å². The molecular weight excluding hydrogens is 334 g/mol. The van der Waals surface area contributed by atoms with Crippen molar-refractivity contribution in [1.82, 2.24) is 5.32 Å². The molecule has 3 rings (SSSR count). The molecule has 2 aliphatic rings. The van der Waals surface area contributed by atoms with E-state index in [1.54, 1.807) is 25.1 Å². The fraction of sp³-hybridized carbons (Fsp3) is 0.600. The van der Waals surface area contributed by atoms with Crippen molar-refractivity contribution in [2.24, 2.45) is 11.8 Å². The summed E-state index contributed by atoms with van der Waals surface area (Å²) >= 11 is 0. The van der Waals surface area contributed by atoms with E-state index in [0.717, 1.165) is 12.8 Å². The molecule has 0 aromatic heterocycles. The molecule has 1 saturated carbocycles. The first-order chi connectivity index (χ1) is 12.5. The molecule has 0 unspecified atom stereocenters. The van der Waals surface area contributed by atoms with Crippen LogP contribution in [0.4, 0.5) is 0 Å². The van der Waals surface area contributed by atoms with Crippen molar-refractivity contribution in [2.75, 3.05) is 13.2 Å². The Morgan fingerprint density at radius 2 is 1.88 bits per heavy atom. The highest BCUT2D eigenvalue weighted by atomic mass is 16.6. The van der Waals surface area contributed by atoms with E-state index in [0.29, 0.717) is 42.1 Å². The van der Waals surface area contributed by atoms with Crippen molar-refractivity contribution >= 4 is 11.9 Å². The summed E-state index contributed by atoms with van der Waals surface area (Å²) in [6, 6.07) is 5.03. The fourth-order valence-electron chi connectivity index (χ4n) is 3.54. The molecule has 0 saturated heterocycles. The van der Waals surface area contributed by atoms with E-state index in [2.05, 4.69) is 19.2 Å². The molecule has 0 radical (unpaired) electrons. The van der Waals surface area contributed by atoms with Crippen LogP contribution in [0.15, 0.2) is 18.2 Å². The lowest BCUT2D eigenvalue weighted by molar-refractivity contribution is -0.130. The monoisotopic (exact) mass is 361 g/mol. The van der Waals surface area contributed by atoms with E-state index < -0.39 is 12.1 Å². The zero-order valence-electron chi connectivity index (χ0n) is 15.6. The summed E-state index contributed by atoms with van der Waals surface area (Å²) in [6.45, 7) is 6.92.